The minimum Gasteiger partial charge on any atom is -0.392 e. The van der Waals surface area contributed by atoms with E-state index in [-0.39, 0.29) is 11.4 Å². The third-order valence-corrected chi connectivity index (χ3v) is 4.32. The van der Waals surface area contributed by atoms with Crippen molar-refractivity contribution in [2.24, 2.45) is 0 Å². The lowest BCUT2D eigenvalue weighted by Crippen LogP contribution is -2.30. The molecule has 0 aliphatic rings. The molecule has 0 aliphatic heterocycles. The molecule has 6 heteroatoms. The Kier molecular flexibility index (Phi) is 4.49. The Bertz CT molecular complexity index is 471. The second-order valence-corrected chi connectivity index (χ2v) is 6.23. The number of hydrogen-bond donors (Lipinski definition) is 2. The second-order valence-electron chi connectivity index (χ2n) is 3.61. The predicted octanol–water partition coefficient (Wildman–Crippen LogP) is 1.42. The molecular formula is C10H14BrNO3S. The summed E-state index contributed by atoms with van der Waals surface area (Å²) in [5, 5.41) is 9.03. The van der Waals surface area contributed by atoms with Crippen molar-refractivity contribution in [3.63, 3.8) is 0 Å². The molecule has 1 aromatic rings. The average molecular weight is 308 g/mol. The zero-order valence-corrected chi connectivity index (χ0v) is 11.5. The highest BCUT2D eigenvalue weighted by Gasteiger charge is 2.14. The molecule has 1 aromatic carbocycles. The summed E-state index contributed by atoms with van der Waals surface area (Å²) in [6.07, 6.45) is -0.702. The number of rotatable bonds is 4. The fourth-order valence-corrected chi connectivity index (χ4v) is 2.55. The van der Waals surface area contributed by atoms with Crippen molar-refractivity contribution in [1.82, 2.24) is 4.72 Å². The highest BCUT2D eigenvalue weighted by Crippen LogP contribution is 2.19. The zero-order valence-electron chi connectivity index (χ0n) is 9.07. The van der Waals surface area contributed by atoms with E-state index in [4.69, 9.17) is 5.11 Å². The molecule has 2 N–H and O–H groups in total. The molecule has 0 saturated carbocycles. The number of aryl methyl sites for hydroxylation is 1. The Morgan fingerprint density at radius 2 is 2.12 bits per heavy atom. The minimum atomic E-state index is -3.53. The summed E-state index contributed by atoms with van der Waals surface area (Å²) in [5.41, 5.74) is 0.847. The first-order valence-electron chi connectivity index (χ1n) is 4.77. The number of halogens is 1. The van der Waals surface area contributed by atoms with Crippen molar-refractivity contribution < 1.29 is 13.5 Å². The molecule has 0 spiro atoms. The van der Waals surface area contributed by atoms with Gasteiger partial charge in [0.05, 0.1) is 11.0 Å². The first-order chi connectivity index (χ1) is 7.33. The van der Waals surface area contributed by atoms with E-state index in [1.807, 2.05) is 6.92 Å². The van der Waals surface area contributed by atoms with E-state index >= 15 is 0 Å². The van der Waals surface area contributed by atoms with Crippen molar-refractivity contribution in [3.05, 3.63) is 28.2 Å². The SMILES string of the molecule is Cc1cc(S(=O)(=O)NC[C@H](C)O)ccc1Br. The van der Waals surface area contributed by atoms with Crippen LogP contribution in [-0.2, 0) is 10.0 Å². The van der Waals surface area contributed by atoms with Gasteiger partial charge in [-0.3, -0.25) is 0 Å². The van der Waals surface area contributed by atoms with E-state index in [9.17, 15) is 8.42 Å². The van der Waals surface area contributed by atoms with Crippen LogP contribution in [-0.4, -0.2) is 26.2 Å². The van der Waals surface area contributed by atoms with Gasteiger partial charge < -0.3 is 5.11 Å². The molecule has 0 radical (unpaired) electrons. The highest BCUT2D eigenvalue weighted by molar-refractivity contribution is 9.10. The fourth-order valence-electron chi connectivity index (χ4n) is 1.10. The van der Waals surface area contributed by atoms with Crippen LogP contribution in [0.4, 0.5) is 0 Å². The van der Waals surface area contributed by atoms with Gasteiger partial charge in [0.25, 0.3) is 0 Å². The standard InChI is InChI=1S/C10H14BrNO3S/c1-7-5-9(3-4-10(7)11)16(14,15)12-6-8(2)13/h3-5,8,12-13H,6H2,1-2H3/t8-/m0/s1. The summed E-state index contributed by atoms with van der Waals surface area (Å²) >= 11 is 3.30. The van der Waals surface area contributed by atoms with E-state index in [1.165, 1.54) is 13.0 Å². The maximum Gasteiger partial charge on any atom is 0.240 e. The van der Waals surface area contributed by atoms with Gasteiger partial charge in [0.2, 0.25) is 10.0 Å². The average Bonchev–Trinajstić information content (AvgIpc) is 2.19. The van der Waals surface area contributed by atoms with Crippen LogP contribution in [0.25, 0.3) is 0 Å². The molecule has 0 fully saturated rings. The predicted molar refractivity (Wildman–Crippen MR) is 65.7 cm³/mol. The largest absolute Gasteiger partial charge is 0.392 e. The summed E-state index contributed by atoms with van der Waals surface area (Å²) in [6.45, 7) is 3.35. The van der Waals surface area contributed by atoms with Crippen molar-refractivity contribution in [1.29, 1.82) is 0 Å². The van der Waals surface area contributed by atoms with Crippen LogP contribution in [0.15, 0.2) is 27.6 Å². The third-order valence-electron chi connectivity index (χ3n) is 2.01. The molecule has 0 aromatic heterocycles. The maximum atomic E-state index is 11.8. The molecule has 90 valence electrons. The van der Waals surface area contributed by atoms with Crippen LogP contribution < -0.4 is 4.72 Å². The lowest BCUT2D eigenvalue weighted by Gasteiger charge is -2.09. The molecule has 0 amide bonds. The van der Waals surface area contributed by atoms with Gasteiger partial charge in [-0.15, -0.1) is 0 Å². The van der Waals surface area contributed by atoms with Crippen LogP contribution >= 0.6 is 15.9 Å². The number of nitrogens with one attached hydrogen (secondary N) is 1. The van der Waals surface area contributed by atoms with Gasteiger partial charge in [-0.25, -0.2) is 13.1 Å². The van der Waals surface area contributed by atoms with Crippen LogP contribution in [0, 0.1) is 6.92 Å². The van der Waals surface area contributed by atoms with Crippen LogP contribution in [0.3, 0.4) is 0 Å². The van der Waals surface area contributed by atoms with Gasteiger partial charge in [0.1, 0.15) is 0 Å². The summed E-state index contributed by atoms with van der Waals surface area (Å²) in [6, 6.07) is 4.78. The van der Waals surface area contributed by atoms with Gasteiger partial charge in [0, 0.05) is 11.0 Å². The van der Waals surface area contributed by atoms with Gasteiger partial charge in [0.15, 0.2) is 0 Å². The van der Waals surface area contributed by atoms with Crippen molar-refractivity contribution >= 4 is 26.0 Å². The molecular weight excluding hydrogens is 294 g/mol. The molecule has 4 nitrogen and oxygen atoms in total. The maximum absolute atomic E-state index is 11.8. The van der Waals surface area contributed by atoms with Gasteiger partial charge in [-0.05, 0) is 37.6 Å². The zero-order chi connectivity index (χ0) is 12.3. The van der Waals surface area contributed by atoms with Crippen LogP contribution in [0.2, 0.25) is 0 Å². The highest BCUT2D eigenvalue weighted by atomic mass is 79.9. The van der Waals surface area contributed by atoms with Crippen molar-refractivity contribution in [2.75, 3.05) is 6.54 Å². The molecule has 0 heterocycles. The van der Waals surface area contributed by atoms with Crippen LogP contribution in [0.1, 0.15) is 12.5 Å². The Hall–Kier alpha value is -0.430. The number of sulfonamides is 1. The molecule has 0 unspecified atom stereocenters. The lowest BCUT2D eigenvalue weighted by molar-refractivity contribution is 0.198. The van der Waals surface area contributed by atoms with E-state index in [2.05, 4.69) is 20.7 Å². The molecule has 0 aliphatic carbocycles. The number of benzene rings is 1. The Labute approximate surface area is 104 Å². The number of aliphatic hydroxyl groups is 1. The Balaban J connectivity index is 2.94. The first-order valence-corrected chi connectivity index (χ1v) is 7.04. The minimum absolute atomic E-state index is 0.0114. The summed E-state index contributed by atoms with van der Waals surface area (Å²) in [5.74, 6) is 0. The first kappa shape index (κ1) is 13.6. The van der Waals surface area contributed by atoms with Crippen molar-refractivity contribution in [2.45, 2.75) is 24.8 Å². The van der Waals surface area contributed by atoms with Gasteiger partial charge in [-0.2, -0.15) is 0 Å². The molecule has 1 atom stereocenters. The second kappa shape index (κ2) is 5.27. The fraction of sp³-hybridized carbons (Fsp3) is 0.400. The molecule has 0 saturated heterocycles. The summed E-state index contributed by atoms with van der Waals surface area (Å²) < 4.78 is 26.7. The number of hydrogen-bond acceptors (Lipinski definition) is 3. The van der Waals surface area contributed by atoms with E-state index in [0.29, 0.717) is 0 Å². The van der Waals surface area contributed by atoms with E-state index < -0.39 is 16.1 Å². The van der Waals surface area contributed by atoms with Crippen molar-refractivity contribution in [3.8, 4) is 0 Å². The van der Waals surface area contributed by atoms with E-state index in [0.717, 1.165) is 10.0 Å². The number of aliphatic hydroxyl groups excluding tert-OH is 1. The monoisotopic (exact) mass is 307 g/mol. The Morgan fingerprint density at radius 1 is 1.50 bits per heavy atom. The molecule has 1 rings (SSSR count). The third kappa shape index (κ3) is 3.55. The smallest absolute Gasteiger partial charge is 0.240 e. The summed E-state index contributed by atoms with van der Waals surface area (Å²) in [7, 11) is -3.53. The van der Waals surface area contributed by atoms with Gasteiger partial charge in [-0.1, -0.05) is 15.9 Å². The van der Waals surface area contributed by atoms with Crippen LogP contribution in [0.5, 0.6) is 0 Å². The topological polar surface area (TPSA) is 66.4 Å². The lowest BCUT2D eigenvalue weighted by atomic mass is 10.2. The molecule has 16 heavy (non-hydrogen) atoms. The normalized spacial score (nSPS) is 13.8. The Morgan fingerprint density at radius 3 is 2.62 bits per heavy atom. The quantitative estimate of drug-likeness (QED) is 0.884. The molecule has 0 bridgehead atoms. The van der Waals surface area contributed by atoms with Gasteiger partial charge >= 0.3 is 0 Å². The van der Waals surface area contributed by atoms with E-state index in [1.54, 1.807) is 12.1 Å². The summed E-state index contributed by atoms with van der Waals surface area (Å²) in [4.78, 5) is 0.203.